The molecule has 2 atom stereocenters. The van der Waals surface area contributed by atoms with E-state index >= 15 is 0 Å². The lowest BCUT2D eigenvalue weighted by atomic mass is 9.93. The van der Waals surface area contributed by atoms with Crippen molar-refractivity contribution in [3.8, 4) is 0 Å². The number of halogens is 1. The second-order valence-electron chi connectivity index (χ2n) is 6.33. The summed E-state index contributed by atoms with van der Waals surface area (Å²) in [5.41, 5.74) is 9.29. The third kappa shape index (κ3) is 2.95. The topological polar surface area (TPSA) is 68.8 Å². The van der Waals surface area contributed by atoms with Crippen LogP contribution in [0.3, 0.4) is 0 Å². The van der Waals surface area contributed by atoms with Gasteiger partial charge in [0.05, 0.1) is 12.1 Å². The van der Waals surface area contributed by atoms with Crippen molar-refractivity contribution in [2.75, 3.05) is 11.1 Å². The van der Waals surface area contributed by atoms with Crippen LogP contribution in [0.2, 0.25) is 0 Å². The van der Waals surface area contributed by atoms with E-state index in [1.54, 1.807) is 12.1 Å². The van der Waals surface area contributed by atoms with Gasteiger partial charge in [-0.1, -0.05) is 43.3 Å². The molecule has 5 nitrogen and oxygen atoms in total. The molecule has 1 aliphatic rings. The predicted octanol–water partition coefficient (Wildman–Crippen LogP) is 3.71. The average Bonchev–Trinajstić information content (AvgIpc) is 3.01. The Balaban J connectivity index is 1.72. The van der Waals surface area contributed by atoms with E-state index in [4.69, 9.17) is 5.73 Å². The summed E-state index contributed by atoms with van der Waals surface area (Å²) in [5, 5.41) is 7.72. The second-order valence-corrected chi connectivity index (χ2v) is 6.33. The Bertz CT molecular complexity index is 870. The fourth-order valence-corrected chi connectivity index (χ4v) is 3.36. The predicted molar refractivity (Wildman–Crippen MR) is 95.8 cm³/mol. The summed E-state index contributed by atoms with van der Waals surface area (Å²) >= 11 is 0. The molecule has 0 amide bonds. The molecule has 0 unspecified atom stereocenters. The van der Waals surface area contributed by atoms with Crippen molar-refractivity contribution in [2.24, 2.45) is 0 Å². The van der Waals surface area contributed by atoms with Crippen LogP contribution in [0.4, 0.5) is 16.3 Å². The SMILES string of the molecule is CCc1ccc([C@H]2C[C@@H](c3ccc(F)cc3)Nc3nc(N)nn32)cc1. The first-order chi connectivity index (χ1) is 12.1. The van der Waals surface area contributed by atoms with Crippen LogP contribution in [0.25, 0.3) is 0 Å². The minimum Gasteiger partial charge on any atom is -0.366 e. The second kappa shape index (κ2) is 6.20. The lowest BCUT2D eigenvalue weighted by Gasteiger charge is -2.31. The van der Waals surface area contributed by atoms with Gasteiger partial charge in [0.1, 0.15) is 5.82 Å². The average molecular weight is 337 g/mol. The third-order valence-electron chi connectivity index (χ3n) is 4.75. The van der Waals surface area contributed by atoms with Crippen LogP contribution in [-0.2, 0) is 6.42 Å². The van der Waals surface area contributed by atoms with E-state index in [1.807, 2.05) is 4.68 Å². The van der Waals surface area contributed by atoms with Crippen LogP contribution in [0.1, 0.15) is 42.1 Å². The number of nitrogens with zero attached hydrogens (tertiary/aromatic N) is 3. The number of aryl methyl sites for hydroxylation is 1. The molecule has 4 rings (SSSR count). The van der Waals surface area contributed by atoms with Crippen LogP contribution in [0.15, 0.2) is 48.5 Å². The third-order valence-corrected chi connectivity index (χ3v) is 4.75. The molecular weight excluding hydrogens is 317 g/mol. The summed E-state index contributed by atoms with van der Waals surface area (Å²) in [7, 11) is 0. The van der Waals surface area contributed by atoms with E-state index in [9.17, 15) is 4.39 Å². The molecule has 0 radical (unpaired) electrons. The number of benzene rings is 2. The summed E-state index contributed by atoms with van der Waals surface area (Å²) in [6, 6.07) is 15.2. The Morgan fingerprint density at radius 2 is 1.80 bits per heavy atom. The minimum absolute atomic E-state index is 0.0209. The number of aromatic nitrogens is 3. The van der Waals surface area contributed by atoms with E-state index in [0.29, 0.717) is 5.95 Å². The lowest BCUT2D eigenvalue weighted by molar-refractivity contribution is 0.431. The number of nitrogens with two attached hydrogens (primary N) is 1. The van der Waals surface area contributed by atoms with Gasteiger partial charge >= 0.3 is 0 Å². The molecule has 0 bridgehead atoms. The molecule has 0 saturated heterocycles. The Morgan fingerprint density at radius 3 is 2.48 bits per heavy atom. The van der Waals surface area contributed by atoms with Crippen molar-refractivity contribution in [1.29, 1.82) is 0 Å². The Labute approximate surface area is 145 Å². The van der Waals surface area contributed by atoms with E-state index < -0.39 is 0 Å². The first-order valence-electron chi connectivity index (χ1n) is 8.47. The Morgan fingerprint density at radius 1 is 1.12 bits per heavy atom. The van der Waals surface area contributed by atoms with Gasteiger partial charge in [-0.25, -0.2) is 9.07 Å². The monoisotopic (exact) mass is 337 g/mol. The van der Waals surface area contributed by atoms with Crippen molar-refractivity contribution in [3.63, 3.8) is 0 Å². The van der Waals surface area contributed by atoms with Crippen LogP contribution < -0.4 is 11.1 Å². The maximum Gasteiger partial charge on any atom is 0.241 e. The highest BCUT2D eigenvalue weighted by Gasteiger charge is 2.30. The van der Waals surface area contributed by atoms with Crippen molar-refractivity contribution >= 4 is 11.9 Å². The number of anilines is 2. The number of rotatable bonds is 3. The first-order valence-corrected chi connectivity index (χ1v) is 8.47. The summed E-state index contributed by atoms with van der Waals surface area (Å²) in [4.78, 5) is 4.30. The summed E-state index contributed by atoms with van der Waals surface area (Å²) in [6.07, 6.45) is 1.79. The molecule has 2 aromatic carbocycles. The van der Waals surface area contributed by atoms with Crippen LogP contribution in [-0.4, -0.2) is 14.8 Å². The number of fused-ring (bicyclic) bond motifs is 1. The molecular formula is C19H20FN5. The normalized spacial score (nSPS) is 19.3. The minimum atomic E-state index is -0.237. The van der Waals surface area contributed by atoms with Crippen LogP contribution in [0, 0.1) is 5.82 Å². The van der Waals surface area contributed by atoms with Gasteiger partial charge in [0.15, 0.2) is 0 Å². The summed E-state index contributed by atoms with van der Waals surface area (Å²) in [6.45, 7) is 2.14. The molecule has 2 heterocycles. The van der Waals surface area contributed by atoms with Gasteiger partial charge in [-0.3, -0.25) is 0 Å². The molecule has 0 saturated carbocycles. The van der Waals surface area contributed by atoms with Crippen LogP contribution >= 0.6 is 0 Å². The molecule has 128 valence electrons. The Hall–Kier alpha value is -2.89. The summed E-state index contributed by atoms with van der Waals surface area (Å²) in [5.74, 6) is 0.652. The van der Waals surface area contributed by atoms with Crippen molar-refractivity contribution in [3.05, 3.63) is 71.0 Å². The standard InChI is InChI=1S/C19H20FN5/c1-2-12-3-5-14(6-4-12)17-11-16(13-7-9-15(20)10-8-13)22-19-23-18(21)24-25(17)19/h3-10,16-17H,2,11H2,1H3,(H3,21,22,23,24)/t16-,17+/m0/s1. The van der Waals surface area contributed by atoms with E-state index in [2.05, 4.69) is 46.6 Å². The molecule has 0 spiro atoms. The fourth-order valence-electron chi connectivity index (χ4n) is 3.36. The molecule has 1 aliphatic heterocycles. The van der Waals surface area contributed by atoms with Crippen molar-refractivity contribution in [1.82, 2.24) is 14.8 Å². The number of hydrogen-bond donors (Lipinski definition) is 2. The van der Waals surface area contributed by atoms with Crippen LogP contribution in [0.5, 0.6) is 0 Å². The number of nitrogens with one attached hydrogen (secondary N) is 1. The highest BCUT2D eigenvalue weighted by molar-refractivity contribution is 5.42. The zero-order chi connectivity index (χ0) is 17.4. The van der Waals surface area contributed by atoms with Crippen molar-refractivity contribution < 1.29 is 4.39 Å². The molecule has 0 fully saturated rings. The fraction of sp³-hybridized carbons (Fsp3) is 0.263. The van der Waals surface area contributed by atoms with Gasteiger partial charge in [0.2, 0.25) is 11.9 Å². The van der Waals surface area contributed by atoms with Gasteiger partial charge in [0, 0.05) is 0 Å². The first kappa shape index (κ1) is 15.6. The molecule has 3 N–H and O–H groups in total. The van der Waals surface area contributed by atoms with Crippen molar-refractivity contribution in [2.45, 2.75) is 31.8 Å². The molecule has 1 aromatic heterocycles. The largest absolute Gasteiger partial charge is 0.366 e. The highest BCUT2D eigenvalue weighted by Crippen LogP contribution is 2.38. The molecule has 0 aliphatic carbocycles. The highest BCUT2D eigenvalue weighted by atomic mass is 19.1. The van der Waals surface area contributed by atoms with Gasteiger partial charge in [-0.05, 0) is 41.7 Å². The molecule has 25 heavy (non-hydrogen) atoms. The van der Waals surface area contributed by atoms with E-state index in [0.717, 1.165) is 24.0 Å². The maximum atomic E-state index is 13.2. The molecule has 6 heteroatoms. The zero-order valence-corrected chi connectivity index (χ0v) is 14.0. The summed E-state index contributed by atoms with van der Waals surface area (Å²) < 4.78 is 15.1. The quantitative estimate of drug-likeness (QED) is 0.764. The van der Waals surface area contributed by atoms with E-state index in [-0.39, 0.29) is 23.8 Å². The van der Waals surface area contributed by atoms with Gasteiger partial charge < -0.3 is 11.1 Å². The Kier molecular flexibility index (Phi) is 3.87. The van der Waals surface area contributed by atoms with Gasteiger partial charge in [0.25, 0.3) is 0 Å². The zero-order valence-electron chi connectivity index (χ0n) is 14.0. The van der Waals surface area contributed by atoms with E-state index in [1.165, 1.54) is 17.7 Å². The van der Waals surface area contributed by atoms with Gasteiger partial charge in [-0.2, -0.15) is 4.98 Å². The number of hydrogen-bond acceptors (Lipinski definition) is 4. The van der Waals surface area contributed by atoms with Gasteiger partial charge in [-0.15, -0.1) is 5.10 Å². The number of nitrogen functional groups attached to an aromatic ring is 1. The maximum absolute atomic E-state index is 13.2. The lowest BCUT2D eigenvalue weighted by Crippen LogP contribution is -2.28. The molecule has 3 aromatic rings. The smallest absolute Gasteiger partial charge is 0.241 e.